The molecule has 166 valence electrons. The van der Waals surface area contributed by atoms with Crippen molar-refractivity contribution in [2.75, 3.05) is 45.4 Å². The van der Waals surface area contributed by atoms with Crippen LogP contribution in [0.25, 0.3) is 0 Å². The summed E-state index contributed by atoms with van der Waals surface area (Å²) in [7, 11) is 1.50. The lowest BCUT2D eigenvalue weighted by molar-refractivity contribution is 0.0945. The third kappa shape index (κ3) is 5.59. The molecule has 0 spiro atoms. The Morgan fingerprint density at radius 3 is 2.55 bits per heavy atom. The number of benzene rings is 2. The zero-order valence-corrected chi connectivity index (χ0v) is 19.9. The second-order valence-electron chi connectivity index (χ2n) is 6.84. The number of likely N-dealkylation sites (N-methyl/N-ethyl adjacent to an activating group) is 1. The molecule has 0 aromatic heterocycles. The predicted molar refractivity (Wildman–Crippen MR) is 126 cm³/mol. The van der Waals surface area contributed by atoms with Crippen LogP contribution in [-0.2, 0) is 0 Å². The van der Waals surface area contributed by atoms with Crippen LogP contribution < -0.4 is 24.8 Å². The van der Waals surface area contributed by atoms with E-state index >= 15 is 0 Å². The molecule has 0 radical (unpaired) electrons. The van der Waals surface area contributed by atoms with E-state index in [9.17, 15) is 9.59 Å². The number of amides is 2. The van der Waals surface area contributed by atoms with E-state index in [-0.39, 0.29) is 18.6 Å². The van der Waals surface area contributed by atoms with Crippen LogP contribution >= 0.6 is 22.6 Å². The Balaban J connectivity index is 1.71. The fraction of sp³-hybridized carbons (Fsp3) is 0.364. The number of ether oxygens (including phenoxy) is 3. The number of anilines is 1. The summed E-state index contributed by atoms with van der Waals surface area (Å²) in [4.78, 5) is 27.6. The van der Waals surface area contributed by atoms with Gasteiger partial charge in [-0.25, -0.2) is 0 Å². The molecular weight excluding hydrogens is 513 g/mol. The molecule has 0 bridgehead atoms. The molecule has 1 heterocycles. The van der Waals surface area contributed by atoms with Crippen LogP contribution in [-0.4, -0.2) is 56.8 Å². The number of hydrogen-bond donors (Lipinski definition) is 2. The number of fused-ring (bicyclic) bond motifs is 1. The van der Waals surface area contributed by atoms with E-state index in [1.54, 1.807) is 30.3 Å². The van der Waals surface area contributed by atoms with Crippen molar-refractivity contribution < 1.29 is 23.8 Å². The van der Waals surface area contributed by atoms with Gasteiger partial charge in [-0.3, -0.25) is 9.59 Å². The topological polar surface area (TPSA) is 89.1 Å². The van der Waals surface area contributed by atoms with Crippen molar-refractivity contribution in [2.24, 2.45) is 0 Å². The van der Waals surface area contributed by atoms with Gasteiger partial charge in [0, 0.05) is 28.3 Å². The first-order chi connectivity index (χ1) is 15.0. The first-order valence-electron chi connectivity index (χ1n) is 10.1. The Hall–Kier alpha value is -2.53. The number of hydrogen-bond acceptors (Lipinski definition) is 6. The second-order valence-corrected chi connectivity index (χ2v) is 8.00. The molecule has 2 aromatic carbocycles. The molecule has 2 N–H and O–H groups in total. The summed E-state index contributed by atoms with van der Waals surface area (Å²) < 4.78 is 16.8. The van der Waals surface area contributed by atoms with Crippen molar-refractivity contribution in [2.45, 2.75) is 13.8 Å². The van der Waals surface area contributed by atoms with Crippen LogP contribution in [0.1, 0.15) is 34.6 Å². The minimum absolute atomic E-state index is 0.147. The molecule has 0 atom stereocenters. The summed E-state index contributed by atoms with van der Waals surface area (Å²) in [5, 5.41) is 5.80. The molecule has 1 aliphatic heterocycles. The van der Waals surface area contributed by atoms with Crippen LogP contribution in [0.15, 0.2) is 30.3 Å². The Labute approximate surface area is 195 Å². The maximum atomic E-state index is 12.7. The standard InChI is InChI=1S/C22H26IN3O5/c1-4-26(5-2)9-8-24-22(28)15-11-16(23)17(12-19(15)29-3)25-21(27)14-6-7-18-20(10-14)31-13-30-18/h6-7,10-12H,4-5,8-9,13H2,1-3H3,(H,24,28)(H,25,27). The van der Waals surface area contributed by atoms with E-state index in [2.05, 4.69) is 52.0 Å². The normalized spacial score (nSPS) is 12.0. The zero-order chi connectivity index (χ0) is 22.4. The summed E-state index contributed by atoms with van der Waals surface area (Å²) in [6, 6.07) is 8.38. The molecule has 8 nitrogen and oxygen atoms in total. The van der Waals surface area contributed by atoms with Gasteiger partial charge >= 0.3 is 0 Å². The molecule has 3 rings (SSSR count). The van der Waals surface area contributed by atoms with Gasteiger partial charge in [-0.2, -0.15) is 0 Å². The largest absolute Gasteiger partial charge is 0.496 e. The fourth-order valence-electron chi connectivity index (χ4n) is 3.19. The lowest BCUT2D eigenvalue weighted by Gasteiger charge is -2.18. The van der Waals surface area contributed by atoms with Crippen molar-refractivity contribution in [3.8, 4) is 17.2 Å². The third-order valence-corrected chi connectivity index (χ3v) is 5.92. The quantitative estimate of drug-likeness (QED) is 0.476. The highest BCUT2D eigenvalue weighted by Gasteiger charge is 2.19. The second kappa shape index (κ2) is 10.7. The average Bonchev–Trinajstić information content (AvgIpc) is 3.25. The Morgan fingerprint density at radius 2 is 1.84 bits per heavy atom. The molecule has 0 unspecified atom stereocenters. The van der Waals surface area contributed by atoms with Crippen molar-refractivity contribution in [1.82, 2.24) is 10.2 Å². The van der Waals surface area contributed by atoms with E-state index in [1.165, 1.54) is 7.11 Å². The molecule has 0 aliphatic carbocycles. The van der Waals surface area contributed by atoms with E-state index in [0.29, 0.717) is 40.6 Å². The average molecular weight is 539 g/mol. The lowest BCUT2D eigenvalue weighted by atomic mass is 10.1. The SMILES string of the molecule is CCN(CC)CCNC(=O)c1cc(I)c(NC(=O)c2ccc3c(c2)OCO3)cc1OC. The van der Waals surface area contributed by atoms with Gasteiger partial charge in [0.1, 0.15) is 5.75 Å². The van der Waals surface area contributed by atoms with E-state index in [4.69, 9.17) is 14.2 Å². The van der Waals surface area contributed by atoms with Gasteiger partial charge in [0.05, 0.1) is 18.4 Å². The monoisotopic (exact) mass is 539 g/mol. The number of carbonyl (C=O) groups is 2. The Bertz CT molecular complexity index is 962. The number of rotatable bonds is 9. The molecule has 2 aromatic rings. The van der Waals surface area contributed by atoms with E-state index in [1.807, 2.05) is 0 Å². The highest BCUT2D eigenvalue weighted by molar-refractivity contribution is 14.1. The molecule has 0 saturated carbocycles. The smallest absolute Gasteiger partial charge is 0.255 e. The molecule has 1 aliphatic rings. The van der Waals surface area contributed by atoms with Gasteiger partial charge in [-0.15, -0.1) is 0 Å². The van der Waals surface area contributed by atoms with Gasteiger partial charge in [0.2, 0.25) is 6.79 Å². The van der Waals surface area contributed by atoms with Gasteiger partial charge in [0.25, 0.3) is 11.8 Å². The fourth-order valence-corrected chi connectivity index (χ4v) is 3.79. The Kier molecular flexibility index (Phi) is 7.97. The third-order valence-electron chi connectivity index (χ3n) is 5.02. The van der Waals surface area contributed by atoms with Crippen LogP contribution in [0.4, 0.5) is 5.69 Å². The molecule has 31 heavy (non-hydrogen) atoms. The zero-order valence-electron chi connectivity index (χ0n) is 17.8. The molecule has 0 saturated heterocycles. The van der Waals surface area contributed by atoms with Crippen LogP contribution in [0.5, 0.6) is 17.2 Å². The maximum absolute atomic E-state index is 12.7. The van der Waals surface area contributed by atoms with Crippen LogP contribution in [0.2, 0.25) is 0 Å². The van der Waals surface area contributed by atoms with Crippen molar-refractivity contribution >= 4 is 40.1 Å². The number of nitrogens with one attached hydrogen (secondary N) is 2. The first-order valence-corrected chi connectivity index (χ1v) is 11.1. The summed E-state index contributed by atoms with van der Waals surface area (Å²) in [6.07, 6.45) is 0. The van der Waals surface area contributed by atoms with E-state index in [0.717, 1.165) is 23.2 Å². The van der Waals surface area contributed by atoms with E-state index < -0.39 is 0 Å². The maximum Gasteiger partial charge on any atom is 0.255 e. The number of nitrogens with zero attached hydrogens (tertiary/aromatic N) is 1. The number of carbonyl (C=O) groups excluding carboxylic acids is 2. The van der Waals surface area contributed by atoms with Crippen LogP contribution in [0.3, 0.4) is 0 Å². The first kappa shape index (κ1) is 23.1. The summed E-state index contributed by atoms with van der Waals surface area (Å²) in [5.74, 6) is 1.04. The summed E-state index contributed by atoms with van der Waals surface area (Å²) >= 11 is 2.09. The highest BCUT2D eigenvalue weighted by atomic mass is 127. The predicted octanol–water partition coefficient (Wildman–Crippen LogP) is 3.35. The molecule has 9 heteroatoms. The molecule has 0 fully saturated rings. The minimum Gasteiger partial charge on any atom is -0.496 e. The van der Waals surface area contributed by atoms with Crippen molar-refractivity contribution in [3.63, 3.8) is 0 Å². The highest BCUT2D eigenvalue weighted by Crippen LogP contribution is 2.33. The van der Waals surface area contributed by atoms with Crippen molar-refractivity contribution in [3.05, 3.63) is 45.0 Å². The van der Waals surface area contributed by atoms with Gasteiger partial charge in [0.15, 0.2) is 11.5 Å². The number of halogens is 1. The van der Waals surface area contributed by atoms with Crippen molar-refractivity contribution in [1.29, 1.82) is 0 Å². The molecular formula is C22H26IN3O5. The molecule has 2 amide bonds. The van der Waals surface area contributed by atoms with Gasteiger partial charge in [-0.1, -0.05) is 13.8 Å². The van der Waals surface area contributed by atoms with Gasteiger partial charge < -0.3 is 29.7 Å². The Morgan fingerprint density at radius 1 is 1.10 bits per heavy atom. The lowest BCUT2D eigenvalue weighted by Crippen LogP contribution is -2.35. The van der Waals surface area contributed by atoms with Crippen LogP contribution in [0, 0.1) is 3.57 Å². The summed E-state index contributed by atoms with van der Waals surface area (Å²) in [6.45, 7) is 7.52. The number of methoxy groups -OCH3 is 1. The summed E-state index contributed by atoms with van der Waals surface area (Å²) in [5.41, 5.74) is 1.42. The minimum atomic E-state index is -0.297. The van der Waals surface area contributed by atoms with Gasteiger partial charge in [-0.05, 0) is 59.9 Å².